The molecule has 0 atom stereocenters. The molecule has 0 aromatic carbocycles. The number of piperidine rings is 1. The van der Waals surface area contributed by atoms with E-state index >= 15 is 0 Å². The highest BCUT2D eigenvalue weighted by atomic mass is 16.6. The topological polar surface area (TPSA) is 49.9 Å². The van der Waals surface area contributed by atoms with Crippen LogP contribution in [0.3, 0.4) is 0 Å². The van der Waals surface area contributed by atoms with Crippen molar-refractivity contribution in [2.45, 2.75) is 19.3 Å². The van der Waals surface area contributed by atoms with Crippen LogP contribution in [0.15, 0.2) is 0 Å². The summed E-state index contributed by atoms with van der Waals surface area (Å²) in [4.78, 5) is 26.2. The third-order valence-corrected chi connectivity index (χ3v) is 2.55. The van der Waals surface area contributed by atoms with E-state index in [1.54, 1.807) is 4.90 Å². The van der Waals surface area contributed by atoms with Crippen LogP contribution in [-0.4, -0.2) is 62.0 Å². The van der Waals surface area contributed by atoms with Crippen molar-refractivity contribution in [2.75, 3.05) is 40.3 Å². The van der Waals surface area contributed by atoms with Crippen molar-refractivity contribution in [1.82, 2.24) is 9.80 Å². The van der Waals surface area contributed by atoms with Crippen LogP contribution >= 0.6 is 0 Å². The summed E-state index contributed by atoms with van der Waals surface area (Å²) in [6, 6.07) is 0. The van der Waals surface area contributed by atoms with Gasteiger partial charge in [0, 0.05) is 32.5 Å². The molecule has 0 unspecified atom stereocenters. The smallest absolute Gasteiger partial charge is 0.409 e. The zero-order valence-electron chi connectivity index (χ0n) is 10.1. The molecule has 16 heavy (non-hydrogen) atoms. The monoisotopic (exact) mass is 228 g/mol. The number of nitrogens with zero attached hydrogens (tertiary/aromatic N) is 2. The highest BCUT2D eigenvalue weighted by Crippen LogP contribution is 2.07. The molecule has 5 nitrogen and oxygen atoms in total. The number of hydrogen-bond acceptors (Lipinski definition) is 4. The van der Waals surface area contributed by atoms with Crippen molar-refractivity contribution in [3.05, 3.63) is 0 Å². The first-order chi connectivity index (χ1) is 7.59. The first-order valence-corrected chi connectivity index (χ1v) is 5.67. The van der Waals surface area contributed by atoms with Crippen molar-refractivity contribution < 1.29 is 14.3 Å². The van der Waals surface area contributed by atoms with Gasteiger partial charge in [0.15, 0.2) is 0 Å². The third-order valence-electron chi connectivity index (χ3n) is 2.55. The van der Waals surface area contributed by atoms with Crippen molar-refractivity contribution in [3.8, 4) is 0 Å². The fourth-order valence-electron chi connectivity index (χ4n) is 1.57. The van der Waals surface area contributed by atoms with E-state index in [1.807, 2.05) is 19.0 Å². The Hall–Kier alpha value is -1.10. The third kappa shape index (κ3) is 4.61. The maximum atomic E-state index is 11.5. The van der Waals surface area contributed by atoms with E-state index in [4.69, 9.17) is 4.74 Å². The molecule has 1 amide bonds. The van der Waals surface area contributed by atoms with Gasteiger partial charge in [-0.05, 0) is 20.5 Å². The molecule has 1 saturated heterocycles. The molecular formula is C11H20N2O3. The summed E-state index contributed by atoms with van der Waals surface area (Å²) in [5.41, 5.74) is 0. The van der Waals surface area contributed by atoms with Crippen LogP contribution in [0, 0.1) is 0 Å². The number of carbonyl (C=O) groups is 2. The lowest BCUT2D eigenvalue weighted by molar-refractivity contribution is -0.121. The van der Waals surface area contributed by atoms with Crippen LogP contribution in [0.25, 0.3) is 0 Å². The average molecular weight is 228 g/mol. The van der Waals surface area contributed by atoms with Gasteiger partial charge in [-0.25, -0.2) is 4.79 Å². The normalized spacial score (nSPS) is 16.7. The van der Waals surface area contributed by atoms with Gasteiger partial charge in [0.25, 0.3) is 0 Å². The lowest BCUT2D eigenvalue weighted by Crippen LogP contribution is -2.39. The summed E-state index contributed by atoms with van der Waals surface area (Å²) in [5.74, 6) is 0.233. The summed E-state index contributed by atoms with van der Waals surface area (Å²) in [5, 5.41) is 0. The second-order valence-corrected chi connectivity index (χ2v) is 4.30. The van der Waals surface area contributed by atoms with Crippen molar-refractivity contribution in [3.63, 3.8) is 0 Å². The molecule has 92 valence electrons. The summed E-state index contributed by atoms with van der Waals surface area (Å²) in [6.07, 6.45) is 1.48. The van der Waals surface area contributed by atoms with Crippen LogP contribution in [0.4, 0.5) is 4.79 Å². The van der Waals surface area contributed by atoms with E-state index < -0.39 is 0 Å². The van der Waals surface area contributed by atoms with E-state index in [0.29, 0.717) is 32.5 Å². The summed E-state index contributed by atoms with van der Waals surface area (Å²) in [7, 11) is 3.97. The Bertz CT molecular complexity index is 244. The number of carbonyl (C=O) groups excluding carboxylic acids is 2. The van der Waals surface area contributed by atoms with E-state index in [0.717, 1.165) is 13.0 Å². The first kappa shape index (κ1) is 13.0. The summed E-state index contributed by atoms with van der Waals surface area (Å²) >= 11 is 0. The maximum Gasteiger partial charge on any atom is 0.409 e. The first-order valence-electron chi connectivity index (χ1n) is 5.67. The second kappa shape index (κ2) is 6.48. The summed E-state index contributed by atoms with van der Waals surface area (Å²) in [6.45, 7) is 2.37. The van der Waals surface area contributed by atoms with Gasteiger partial charge >= 0.3 is 6.09 Å². The van der Waals surface area contributed by atoms with Crippen LogP contribution in [0.1, 0.15) is 19.3 Å². The number of ketones is 1. The molecule has 0 aromatic rings. The quantitative estimate of drug-likeness (QED) is 0.666. The standard InChI is InChI=1S/C11H20N2O3/c1-12(2)6-3-9-16-11(15)13-7-4-10(14)5-8-13/h3-9H2,1-2H3. The van der Waals surface area contributed by atoms with Gasteiger partial charge in [-0.2, -0.15) is 0 Å². The molecule has 0 aliphatic carbocycles. The fraction of sp³-hybridized carbons (Fsp3) is 0.818. The molecule has 0 saturated carbocycles. The molecule has 1 fully saturated rings. The van der Waals surface area contributed by atoms with Gasteiger partial charge in [0.1, 0.15) is 5.78 Å². The van der Waals surface area contributed by atoms with E-state index in [9.17, 15) is 9.59 Å². The Kier molecular flexibility index (Phi) is 5.25. The lowest BCUT2D eigenvalue weighted by Gasteiger charge is -2.25. The Morgan fingerprint density at radius 2 is 2.00 bits per heavy atom. The molecule has 1 aliphatic heterocycles. The molecule has 5 heteroatoms. The molecule has 0 radical (unpaired) electrons. The zero-order valence-corrected chi connectivity index (χ0v) is 10.1. The SMILES string of the molecule is CN(C)CCCOC(=O)N1CCC(=O)CC1. The zero-order chi connectivity index (χ0) is 12.0. The van der Waals surface area contributed by atoms with Gasteiger partial charge in [-0.15, -0.1) is 0 Å². The van der Waals surface area contributed by atoms with Crippen LogP contribution in [0.5, 0.6) is 0 Å². The van der Waals surface area contributed by atoms with Crippen LogP contribution in [0.2, 0.25) is 0 Å². The van der Waals surface area contributed by atoms with E-state index in [2.05, 4.69) is 0 Å². The number of hydrogen-bond donors (Lipinski definition) is 0. The van der Waals surface area contributed by atoms with E-state index in [-0.39, 0.29) is 11.9 Å². The Morgan fingerprint density at radius 1 is 1.38 bits per heavy atom. The largest absolute Gasteiger partial charge is 0.449 e. The Balaban J connectivity index is 2.12. The number of Topliss-reactive ketones (excluding diaryl/α,β-unsaturated/α-hetero) is 1. The molecule has 1 heterocycles. The molecule has 0 N–H and O–H groups in total. The highest BCUT2D eigenvalue weighted by molar-refractivity contribution is 5.81. The average Bonchev–Trinajstić information content (AvgIpc) is 2.25. The predicted octanol–water partition coefficient (Wildman–Crippen LogP) is 0.740. The lowest BCUT2D eigenvalue weighted by atomic mass is 10.1. The van der Waals surface area contributed by atoms with Gasteiger partial charge in [0.05, 0.1) is 6.61 Å². The predicted molar refractivity (Wildman–Crippen MR) is 60.3 cm³/mol. The molecule has 0 spiro atoms. The van der Waals surface area contributed by atoms with E-state index in [1.165, 1.54) is 0 Å². The molecule has 1 rings (SSSR count). The highest BCUT2D eigenvalue weighted by Gasteiger charge is 2.21. The molecular weight excluding hydrogens is 208 g/mol. The number of rotatable bonds is 4. The minimum Gasteiger partial charge on any atom is -0.449 e. The van der Waals surface area contributed by atoms with Crippen molar-refractivity contribution >= 4 is 11.9 Å². The van der Waals surface area contributed by atoms with Crippen LogP contribution in [-0.2, 0) is 9.53 Å². The maximum absolute atomic E-state index is 11.5. The van der Waals surface area contributed by atoms with Crippen LogP contribution < -0.4 is 0 Å². The minimum absolute atomic E-state index is 0.233. The van der Waals surface area contributed by atoms with Gasteiger partial charge in [0.2, 0.25) is 0 Å². The Morgan fingerprint density at radius 3 is 2.56 bits per heavy atom. The second-order valence-electron chi connectivity index (χ2n) is 4.30. The molecule has 0 bridgehead atoms. The number of likely N-dealkylation sites (tertiary alicyclic amines) is 1. The molecule has 1 aliphatic rings. The van der Waals surface area contributed by atoms with Crippen molar-refractivity contribution in [1.29, 1.82) is 0 Å². The van der Waals surface area contributed by atoms with Gasteiger partial charge in [-0.1, -0.05) is 0 Å². The number of ether oxygens (including phenoxy) is 1. The molecule has 0 aromatic heterocycles. The summed E-state index contributed by atoms with van der Waals surface area (Å²) < 4.78 is 5.12. The number of amides is 1. The van der Waals surface area contributed by atoms with Gasteiger partial charge < -0.3 is 14.5 Å². The van der Waals surface area contributed by atoms with Crippen molar-refractivity contribution in [2.24, 2.45) is 0 Å². The fourth-order valence-corrected chi connectivity index (χ4v) is 1.57. The Labute approximate surface area is 96.3 Å². The minimum atomic E-state index is -0.286. The van der Waals surface area contributed by atoms with Gasteiger partial charge in [-0.3, -0.25) is 4.79 Å².